The normalized spacial score (nSPS) is 14.2. The van der Waals surface area contributed by atoms with Crippen molar-refractivity contribution >= 4 is 19.8 Å². The van der Waals surface area contributed by atoms with Gasteiger partial charge < -0.3 is 18.9 Å². The van der Waals surface area contributed by atoms with Crippen molar-refractivity contribution in [2.45, 2.75) is 168 Å². The third-order valence-electron chi connectivity index (χ3n) is 8.59. The summed E-state index contributed by atoms with van der Waals surface area (Å²) in [4.78, 5) is 35.3. The lowest BCUT2D eigenvalue weighted by Gasteiger charge is -2.24. The molecule has 0 amide bonds. The van der Waals surface area contributed by atoms with Crippen molar-refractivity contribution in [3.63, 3.8) is 0 Å². The molecule has 308 valence electrons. The Morgan fingerprint density at radius 1 is 0.604 bits per heavy atom. The molecule has 9 nitrogen and oxygen atoms in total. The minimum atomic E-state index is -4.38. The van der Waals surface area contributed by atoms with Crippen molar-refractivity contribution in [1.29, 1.82) is 0 Å². The maximum Gasteiger partial charge on any atom is 0.472 e. The summed E-state index contributed by atoms with van der Waals surface area (Å²) in [5, 5.41) is 0. The summed E-state index contributed by atoms with van der Waals surface area (Å²) in [5.41, 5.74) is 0. The summed E-state index contributed by atoms with van der Waals surface area (Å²) in [6, 6.07) is 0. The number of hydrogen-bond donors (Lipinski definition) is 1. The molecule has 0 spiro atoms. The molecular formula is C43H79NO8P+. The van der Waals surface area contributed by atoms with Crippen LogP contribution in [0.4, 0.5) is 0 Å². The molecule has 0 bridgehead atoms. The van der Waals surface area contributed by atoms with E-state index in [0.29, 0.717) is 17.4 Å². The van der Waals surface area contributed by atoms with Crippen LogP contribution in [0, 0.1) is 0 Å². The smallest absolute Gasteiger partial charge is 0.462 e. The highest BCUT2D eigenvalue weighted by Gasteiger charge is 2.27. The molecule has 0 aliphatic heterocycles. The van der Waals surface area contributed by atoms with E-state index in [-0.39, 0.29) is 32.0 Å². The van der Waals surface area contributed by atoms with Gasteiger partial charge in [0.05, 0.1) is 27.7 Å². The fraction of sp³-hybridized carbons (Fsp3) is 0.767. The van der Waals surface area contributed by atoms with Crippen LogP contribution in [0.2, 0.25) is 0 Å². The molecule has 0 aromatic heterocycles. The molecule has 0 saturated carbocycles. The number of phosphoric acid groups is 1. The third kappa shape index (κ3) is 39.5. The average Bonchev–Trinajstić information content (AvgIpc) is 3.10. The first-order valence-corrected chi connectivity index (χ1v) is 22.4. The Morgan fingerprint density at radius 2 is 1.08 bits per heavy atom. The lowest BCUT2D eigenvalue weighted by atomic mass is 10.1. The molecule has 10 heteroatoms. The van der Waals surface area contributed by atoms with Gasteiger partial charge >= 0.3 is 19.8 Å². The van der Waals surface area contributed by atoms with Crippen LogP contribution in [-0.4, -0.2) is 74.9 Å². The Morgan fingerprint density at radius 3 is 1.64 bits per heavy atom. The number of likely N-dealkylation sites (N-methyl/N-ethyl adjacent to an activating group) is 1. The summed E-state index contributed by atoms with van der Waals surface area (Å²) >= 11 is 0. The second-order valence-electron chi connectivity index (χ2n) is 15.0. The fourth-order valence-electron chi connectivity index (χ4n) is 5.32. The second kappa shape index (κ2) is 35.7. The Labute approximate surface area is 324 Å². The number of unbranched alkanes of at least 4 members (excludes halogenated alkanes) is 15. The van der Waals surface area contributed by atoms with Gasteiger partial charge in [-0.15, -0.1) is 0 Å². The van der Waals surface area contributed by atoms with Gasteiger partial charge in [0.15, 0.2) is 6.10 Å². The van der Waals surface area contributed by atoms with Crippen LogP contribution in [0.3, 0.4) is 0 Å². The maximum absolute atomic E-state index is 12.6. The number of phosphoric ester groups is 1. The number of ether oxygens (including phenoxy) is 2. The zero-order valence-electron chi connectivity index (χ0n) is 34.5. The van der Waals surface area contributed by atoms with Crippen LogP contribution in [0.5, 0.6) is 0 Å². The summed E-state index contributed by atoms with van der Waals surface area (Å²) in [6.45, 7) is 4.24. The van der Waals surface area contributed by atoms with E-state index in [4.69, 9.17) is 18.5 Å². The number of esters is 2. The average molecular weight is 769 g/mol. The van der Waals surface area contributed by atoms with Crippen molar-refractivity contribution < 1.29 is 42.1 Å². The zero-order valence-corrected chi connectivity index (χ0v) is 35.4. The first-order valence-electron chi connectivity index (χ1n) is 20.9. The van der Waals surface area contributed by atoms with Gasteiger partial charge in [0, 0.05) is 12.8 Å². The monoisotopic (exact) mass is 769 g/mol. The molecule has 2 atom stereocenters. The first-order chi connectivity index (χ1) is 25.5. The quantitative estimate of drug-likeness (QED) is 0.0219. The molecule has 0 fully saturated rings. The van der Waals surface area contributed by atoms with Crippen LogP contribution in [0.15, 0.2) is 48.6 Å². The predicted molar refractivity (Wildman–Crippen MR) is 220 cm³/mol. The van der Waals surface area contributed by atoms with E-state index < -0.39 is 26.5 Å². The van der Waals surface area contributed by atoms with Crippen LogP contribution < -0.4 is 0 Å². The zero-order chi connectivity index (χ0) is 39.3. The molecule has 2 unspecified atom stereocenters. The summed E-state index contributed by atoms with van der Waals surface area (Å²) in [5.74, 6) is -0.846. The number of carbonyl (C=O) groups excluding carboxylic acids is 2. The molecule has 0 rings (SSSR count). The number of quaternary nitrogens is 1. The third-order valence-corrected chi connectivity index (χ3v) is 9.58. The van der Waals surface area contributed by atoms with Crippen molar-refractivity contribution in [2.75, 3.05) is 47.5 Å². The Hall–Kier alpha value is -2.03. The minimum absolute atomic E-state index is 0.0231. The van der Waals surface area contributed by atoms with E-state index in [1.165, 1.54) is 51.4 Å². The highest BCUT2D eigenvalue weighted by Crippen LogP contribution is 2.43. The Kier molecular flexibility index (Phi) is 34.3. The fourth-order valence-corrected chi connectivity index (χ4v) is 6.06. The standard InChI is InChI=1S/C43H78NO8P/c1-6-8-10-12-14-16-18-20-21-22-24-25-27-29-31-33-35-42(45)49-39-41(40-51-53(47,48)50-38-37-44(3,4)5)52-43(46)36-34-32-30-28-26-23-19-17-15-13-11-9-7-2/h9,11,15,17,21-23,26,41H,6-8,10,12-14,16,18-20,24-25,27-40H2,1-5H3/p+1/b11-9-,17-15-,22-21-,26-23-. The summed E-state index contributed by atoms with van der Waals surface area (Å²) in [6.07, 6.45) is 40.2. The van der Waals surface area contributed by atoms with Crippen LogP contribution >= 0.6 is 7.82 Å². The Balaban J connectivity index is 4.44. The first kappa shape index (κ1) is 51.0. The lowest BCUT2D eigenvalue weighted by Crippen LogP contribution is -2.37. The van der Waals surface area contributed by atoms with Gasteiger partial charge in [0.1, 0.15) is 19.8 Å². The van der Waals surface area contributed by atoms with E-state index in [1.807, 2.05) is 21.1 Å². The van der Waals surface area contributed by atoms with Gasteiger partial charge in [-0.05, 0) is 70.6 Å². The number of allylic oxidation sites excluding steroid dienone is 8. The molecule has 0 saturated heterocycles. The van der Waals surface area contributed by atoms with Gasteiger partial charge in [0.25, 0.3) is 0 Å². The highest BCUT2D eigenvalue weighted by atomic mass is 31.2. The topological polar surface area (TPSA) is 108 Å². The van der Waals surface area contributed by atoms with E-state index in [9.17, 15) is 19.0 Å². The van der Waals surface area contributed by atoms with E-state index in [2.05, 4.69) is 62.5 Å². The minimum Gasteiger partial charge on any atom is -0.462 e. The second-order valence-corrected chi connectivity index (χ2v) is 16.4. The van der Waals surface area contributed by atoms with Gasteiger partial charge in [-0.25, -0.2) is 4.57 Å². The molecule has 53 heavy (non-hydrogen) atoms. The van der Waals surface area contributed by atoms with Gasteiger partial charge in [-0.3, -0.25) is 18.6 Å². The molecule has 1 N–H and O–H groups in total. The number of rotatable bonds is 37. The largest absolute Gasteiger partial charge is 0.472 e. The predicted octanol–water partition coefficient (Wildman–Crippen LogP) is 11.5. The molecule has 0 aliphatic carbocycles. The SMILES string of the molecule is CC/C=C\C/C=C\C/C=C\CCCCCC(=O)OC(COC(=O)CCCCCCC/C=C\CCCCCCCCC)COP(=O)(O)OCC[N+](C)(C)C. The van der Waals surface area contributed by atoms with Gasteiger partial charge in [-0.2, -0.15) is 0 Å². The molecule has 0 aliphatic rings. The van der Waals surface area contributed by atoms with E-state index in [1.54, 1.807) is 0 Å². The van der Waals surface area contributed by atoms with Gasteiger partial charge in [-0.1, -0.05) is 127 Å². The molecule has 0 aromatic carbocycles. The van der Waals surface area contributed by atoms with E-state index in [0.717, 1.165) is 77.0 Å². The Bertz CT molecular complexity index is 1050. The highest BCUT2D eigenvalue weighted by molar-refractivity contribution is 7.47. The van der Waals surface area contributed by atoms with Crippen molar-refractivity contribution in [3.8, 4) is 0 Å². The molecule has 0 heterocycles. The molecular weight excluding hydrogens is 689 g/mol. The summed E-state index contributed by atoms with van der Waals surface area (Å²) < 4.78 is 34.2. The molecule has 0 radical (unpaired) electrons. The van der Waals surface area contributed by atoms with Crippen LogP contribution in [0.1, 0.15) is 162 Å². The number of nitrogens with zero attached hydrogens (tertiary/aromatic N) is 1. The molecule has 0 aromatic rings. The van der Waals surface area contributed by atoms with Crippen molar-refractivity contribution in [1.82, 2.24) is 0 Å². The number of carbonyl (C=O) groups is 2. The van der Waals surface area contributed by atoms with Crippen LogP contribution in [0.25, 0.3) is 0 Å². The number of hydrogen-bond acceptors (Lipinski definition) is 7. The van der Waals surface area contributed by atoms with Crippen LogP contribution in [-0.2, 0) is 32.7 Å². The van der Waals surface area contributed by atoms with E-state index >= 15 is 0 Å². The lowest BCUT2D eigenvalue weighted by molar-refractivity contribution is -0.870. The summed E-state index contributed by atoms with van der Waals surface area (Å²) in [7, 11) is 1.45. The van der Waals surface area contributed by atoms with Crippen molar-refractivity contribution in [2.24, 2.45) is 0 Å². The van der Waals surface area contributed by atoms with Gasteiger partial charge in [0.2, 0.25) is 0 Å². The maximum atomic E-state index is 12.6. The van der Waals surface area contributed by atoms with Crippen molar-refractivity contribution in [3.05, 3.63) is 48.6 Å².